The summed E-state index contributed by atoms with van der Waals surface area (Å²) in [7, 11) is 0. The van der Waals surface area contributed by atoms with Crippen LogP contribution in [0.25, 0.3) is 0 Å². The van der Waals surface area contributed by atoms with Crippen molar-refractivity contribution in [2.75, 3.05) is 5.32 Å². The molecule has 5 rings (SSSR count). The van der Waals surface area contributed by atoms with Gasteiger partial charge < -0.3 is 15.8 Å². The van der Waals surface area contributed by atoms with E-state index in [0.29, 0.717) is 28.3 Å². The molecule has 2 aromatic carbocycles. The van der Waals surface area contributed by atoms with Crippen molar-refractivity contribution in [3.63, 3.8) is 0 Å². The van der Waals surface area contributed by atoms with Crippen molar-refractivity contribution in [2.24, 2.45) is 5.73 Å². The van der Waals surface area contributed by atoms with Crippen LogP contribution in [0.15, 0.2) is 70.9 Å². The molecule has 4 N–H and O–H groups in total. The Hall–Kier alpha value is -3.70. The third-order valence-electron chi connectivity index (χ3n) is 5.17. The minimum atomic E-state index is -1.39. The van der Waals surface area contributed by atoms with Crippen LogP contribution in [0.1, 0.15) is 16.8 Å². The van der Waals surface area contributed by atoms with Gasteiger partial charge in [0, 0.05) is 21.9 Å². The molecule has 0 unspecified atom stereocenters. The zero-order valence-corrected chi connectivity index (χ0v) is 15.9. The lowest BCUT2D eigenvalue weighted by molar-refractivity contribution is -0.118. The number of aromatic nitrogens is 2. The van der Waals surface area contributed by atoms with E-state index in [1.165, 1.54) is 0 Å². The molecule has 1 spiro atoms. The summed E-state index contributed by atoms with van der Waals surface area (Å²) in [6, 6.07) is 19.3. The minimum absolute atomic E-state index is 0.0693. The molecule has 0 aliphatic carbocycles. The first kappa shape index (κ1) is 17.4. The van der Waals surface area contributed by atoms with Gasteiger partial charge in [-0.15, -0.1) is 16.9 Å². The third-order valence-corrected chi connectivity index (χ3v) is 6.21. The second kappa shape index (κ2) is 6.43. The quantitative estimate of drug-likeness (QED) is 0.581. The number of anilines is 1. The molecule has 3 aromatic rings. The van der Waals surface area contributed by atoms with Crippen LogP contribution in [0, 0.1) is 11.3 Å². The predicted octanol–water partition coefficient (Wildman–Crippen LogP) is 3.03. The van der Waals surface area contributed by atoms with E-state index in [9.17, 15) is 10.1 Å². The number of aromatic amines is 1. The van der Waals surface area contributed by atoms with E-state index < -0.39 is 5.41 Å². The smallest absolute Gasteiger partial charge is 0.245 e. The highest BCUT2D eigenvalue weighted by Crippen LogP contribution is 2.54. The number of ether oxygens (including phenoxy) is 1. The Morgan fingerprint density at radius 3 is 2.72 bits per heavy atom. The summed E-state index contributed by atoms with van der Waals surface area (Å²) < 4.78 is 5.62. The number of nitrogens with zero attached hydrogens (tertiary/aromatic N) is 2. The molecule has 7 nitrogen and oxygen atoms in total. The minimum Gasteiger partial charge on any atom is -0.420 e. The fourth-order valence-corrected chi connectivity index (χ4v) is 4.82. The van der Waals surface area contributed by atoms with Crippen molar-refractivity contribution in [2.45, 2.75) is 16.1 Å². The van der Waals surface area contributed by atoms with Crippen LogP contribution in [0.3, 0.4) is 0 Å². The molecule has 2 aliphatic heterocycles. The number of carbonyl (C=O) groups is 1. The summed E-state index contributed by atoms with van der Waals surface area (Å²) in [5.74, 6) is 0.290. The predicted molar refractivity (Wildman–Crippen MR) is 108 cm³/mol. The van der Waals surface area contributed by atoms with Gasteiger partial charge in [0.2, 0.25) is 17.7 Å². The molecule has 1 aromatic heterocycles. The topological polar surface area (TPSA) is 117 Å². The summed E-state index contributed by atoms with van der Waals surface area (Å²) in [6.45, 7) is 0. The van der Waals surface area contributed by atoms with E-state index in [2.05, 4.69) is 21.6 Å². The van der Waals surface area contributed by atoms with Gasteiger partial charge in [-0.3, -0.25) is 9.89 Å². The number of H-pyrrole nitrogens is 1. The van der Waals surface area contributed by atoms with Gasteiger partial charge in [0.1, 0.15) is 17.1 Å². The number of para-hydroxylation sites is 1. The number of amides is 1. The number of rotatable bonds is 3. The lowest BCUT2D eigenvalue weighted by Crippen LogP contribution is -2.42. The molecule has 0 saturated carbocycles. The molecule has 29 heavy (non-hydrogen) atoms. The summed E-state index contributed by atoms with van der Waals surface area (Å²) in [6.07, 6.45) is 0. The first-order chi connectivity index (χ1) is 14.2. The lowest BCUT2D eigenvalue weighted by Gasteiger charge is -2.31. The molecule has 2 aliphatic rings. The number of hydrogen-bond acceptors (Lipinski definition) is 6. The Bertz CT molecular complexity index is 1210. The number of carbonyl (C=O) groups excluding carboxylic acids is 1. The van der Waals surface area contributed by atoms with E-state index in [1.54, 1.807) is 17.8 Å². The second-order valence-corrected chi connectivity index (χ2v) is 7.74. The number of nitrogens with one attached hydrogen (secondary N) is 2. The van der Waals surface area contributed by atoms with Crippen molar-refractivity contribution in [1.29, 1.82) is 5.26 Å². The van der Waals surface area contributed by atoms with Gasteiger partial charge in [-0.25, -0.2) is 0 Å². The highest BCUT2D eigenvalue weighted by Gasteiger charge is 2.58. The van der Waals surface area contributed by atoms with Crippen LogP contribution in [0.4, 0.5) is 5.69 Å². The van der Waals surface area contributed by atoms with Gasteiger partial charge in [0.05, 0.1) is 11.3 Å². The van der Waals surface area contributed by atoms with Gasteiger partial charge in [0.25, 0.3) is 0 Å². The third kappa shape index (κ3) is 2.38. The SMILES string of the molecule is N#CC1=C(N)Oc2n[nH]c(CSc3ccccc3)c2[C@@]12C(=O)Nc1ccccc12. The average molecular weight is 401 g/mol. The molecule has 0 fully saturated rings. The maximum atomic E-state index is 13.4. The molecular weight excluding hydrogens is 386 g/mol. The number of nitrogens with two attached hydrogens (primary N) is 1. The average Bonchev–Trinajstić information content (AvgIpc) is 3.27. The molecule has 0 radical (unpaired) electrons. The van der Waals surface area contributed by atoms with Crippen molar-refractivity contribution in [1.82, 2.24) is 10.2 Å². The Balaban J connectivity index is 1.70. The van der Waals surface area contributed by atoms with E-state index >= 15 is 0 Å². The summed E-state index contributed by atoms with van der Waals surface area (Å²) in [5, 5.41) is 20.0. The molecule has 0 saturated heterocycles. The monoisotopic (exact) mass is 401 g/mol. The lowest BCUT2D eigenvalue weighted by atomic mass is 9.69. The maximum absolute atomic E-state index is 13.4. The number of fused-ring (bicyclic) bond motifs is 4. The van der Waals surface area contributed by atoms with Gasteiger partial charge in [-0.2, -0.15) is 5.26 Å². The van der Waals surface area contributed by atoms with Crippen LogP contribution >= 0.6 is 11.8 Å². The normalized spacial score (nSPS) is 19.3. The van der Waals surface area contributed by atoms with Crippen LogP contribution in [-0.4, -0.2) is 16.1 Å². The highest BCUT2D eigenvalue weighted by atomic mass is 32.2. The molecular formula is C21H15N5O2S. The van der Waals surface area contributed by atoms with E-state index in [0.717, 1.165) is 4.90 Å². The van der Waals surface area contributed by atoms with Gasteiger partial charge in [0.15, 0.2) is 0 Å². The summed E-state index contributed by atoms with van der Waals surface area (Å²) in [4.78, 5) is 14.4. The Morgan fingerprint density at radius 2 is 1.93 bits per heavy atom. The largest absolute Gasteiger partial charge is 0.420 e. The fraction of sp³-hybridized carbons (Fsp3) is 0.0952. The summed E-state index contributed by atoms with van der Waals surface area (Å²) >= 11 is 1.60. The van der Waals surface area contributed by atoms with Crippen LogP contribution < -0.4 is 15.8 Å². The molecule has 8 heteroatoms. The van der Waals surface area contributed by atoms with Gasteiger partial charge in [-0.1, -0.05) is 36.4 Å². The molecule has 3 heterocycles. The maximum Gasteiger partial charge on any atom is 0.245 e. The van der Waals surface area contributed by atoms with E-state index in [4.69, 9.17) is 10.5 Å². The first-order valence-electron chi connectivity index (χ1n) is 8.91. The second-order valence-electron chi connectivity index (χ2n) is 6.69. The molecule has 0 bridgehead atoms. The van der Waals surface area contributed by atoms with Crippen LogP contribution in [0.2, 0.25) is 0 Å². The number of nitriles is 1. The number of hydrogen-bond donors (Lipinski definition) is 3. The van der Waals surface area contributed by atoms with Gasteiger partial charge >= 0.3 is 0 Å². The molecule has 1 amide bonds. The Morgan fingerprint density at radius 1 is 1.17 bits per heavy atom. The van der Waals surface area contributed by atoms with Crippen LogP contribution in [0.5, 0.6) is 5.88 Å². The van der Waals surface area contributed by atoms with Crippen molar-refractivity contribution < 1.29 is 9.53 Å². The van der Waals surface area contributed by atoms with Crippen molar-refractivity contribution in [3.05, 3.63) is 82.9 Å². The zero-order chi connectivity index (χ0) is 20.0. The number of benzene rings is 2. The van der Waals surface area contributed by atoms with Gasteiger partial charge in [-0.05, 0) is 18.2 Å². The highest BCUT2D eigenvalue weighted by molar-refractivity contribution is 7.98. The molecule has 1 atom stereocenters. The first-order valence-corrected chi connectivity index (χ1v) is 9.89. The Labute approximate surface area is 170 Å². The zero-order valence-electron chi connectivity index (χ0n) is 15.1. The van der Waals surface area contributed by atoms with Crippen molar-refractivity contribution in [3.8, 4) is 11.9 Å². The van der Waals surface area contributed by atoms with Crippen LogP contribution in [-0.2, 0) is 16.0 Å². The van der Waals surface area contributed by atoms with E-state index in [-0.39, 0.29) is 23.2 Å². The van der Waals surface area contributed by atoms with E-state index in [1.807, 2.05) is 48.5 Å². The van der Waals surface area contributed by atoms with Crippen molar-refractivity contribution >= 4 is 23.4 Å². The number of thioether (sulfide) groups is 1. The molecule has 142 valence electrons. The Kier molecular flexibility index (Phi) is 3.86. The fourth-order valence-electron chi connectivity index (χ4n) is 3.95. The standard InChI is InChI=1S/C21H15N5O2S/c22-10-14-18(23)28-19-17(16(25-26-19)11-29-12-6-2-1-3-7-12)21(14)13-8-4-5-9-15(13)24-20(21)27/h1-9H,11,23H2,(H,24,27)(H,25,26)/t21-/m0/s1. The summed E-state index contributed by atoms with van der Waals surface area (Å²) in [5.41, 5.74) is 7.29.